The third kappa shape index (κ3) is 3.64. The second-order valence-electron chi connectivity index (χ2n) is 6.40. The van der Waals surface area contributed by atoms with Crippen molar-refractivity contribution in [1.82, 2.24) is 24.5 Å². The normalized spacial score (nSPS) is 14.4. The molecule has 1 aliphatic rings. The van der Waals surface area contributed by atoms with E-state index in [-0.39, 0.29) is 0 Å². The summed E-state index contributed by atoms with van der Waals surface area (Å²) in [6.45, 7) is -3.67. The van der Waals surface area contributed by atoms with Crippen LogP contribution in [0.25, 0.3) is 32.8 Å². The molecule has 4 aromatic rings. The van der Waals surface area contributed by atoms with Crippen LogP contribution in [0.5, 0.6) is 0 Å². The Hall–Kier alpha value is -2.55. The van der Waals surface area contributed by atoms with E-state index in [1.807, 2.05) is 29.1 Å². The zero-order valence-corrected chi connectivity index (χ0v) is 15.3. The SMILES string of the molecule is Cn1cnc2ncc(-c3ncc4cc(C5CCC5)sc4n3)cc21.FC(F)F. The molecule has 0 unspecified atom stereocenters. The monoisotopic (exact) mass is 391 g/mol. The van der Waals surface area contributed by atoms with Crippen molar-refractivity contribution in [2.24, 2.45) is 7.05 Å². The second-order valence-corrected chi connectivity index (χ2v) is 7.46. The first kappa shape index (κ1) is 17.8. The average Bonchev–Trinajstić information content (AvgIpc) is 3.15. The molecule has 27 heavy (non-hydrogen) atoms. The number of imidazole rings is 1. The van der Waals surface area contributed by atoms with Crippen molar-refractivity contribution in [2.45, 2.75) is 31.9 Å². The lowest BCUT2D eigenvalue weighted by atomic mass is 9.84. The quantitative estimate of drug-likeness (QED) is 0.478. The highest BCUT2D eigenvalue weighted by Crippen LogP contribution is 2.41. The Morgan fingerprint density at radius 1 is 1.11 bits per heavy atom. The molecule has 140 valence electrons. The zero-order valence-electron chi connectivity index (χ0n) is 14.4. The molecule has 5 rings (SSSR count). The first-order valence-electron chi connectivity index (χ1n) is 8.47. The van der Waals surface area contributed by atoms with Gasteiger partial charge in [-0.2, -0.15) is 13.2 Å². The van der Waals surface area contributed by atoms with Crippen LogP contribution in [0.15, 0.2) is 30.9 Å². The molecule has 5 nitrogen and oxygen atoms in total. The lowest BCUT2D eigenvalue weighted by molar-refractivity contribution is 0.00819. The van der Waals surface area contributed by atoms with Crippen LogP contribution in [0, 0.1) is 0 Å². The van der Waals surface area contributed by atoms with Crippen molar-refractivity contribution in [3.8, 4) is 11.4 Å². The third-order valence-corrected chi connectivity index (χ3v) is 5.85. The van der Waals surface area contributed by atoms with Crippen LogP contribution in [0.3, 0.4) is 0 Å². The maximum absolute atomic E-state index is 9.67. The van der Waals surface area contributed by atoms with Crippen molar-refractivity contribution in [3.63, 3.8) is 0 Å². The summed E-state index contributed by atoms with van der Waals surface area (Å²) in [7, 11) is 1.97. The van der Waals surface area contributed by atoms with E-state index in [2.05, 4.69) is 27.1 Å². The van der Waals surface area contributed by atoms with Gasteiger partial charge in [0.15, 0.2) is 11.5 Å². The Balaban J connectivity index is 0.000000413. The highest BCUT2D eigenvalue weighted by Gasteiger charge is 2.22. The number of nitrogens with zero attached hydrogens (tertiary/aromatic N) is 5. The zero-order chi connectivity index (χ0) is 19.0. The summed E-state index contributed by atoms with van der Waals surface area (Å²) < 4.78 is 31.0. The summed E-state index contributed by atoms with van der Waals surface area (Å²) in [6, 6.07) is 4.31. The number of hydrogen-bond acceptors (Lipinski definition) is 5. The molecule has 0 atom stereocenters. The van der Waals surface area contributed by atoms with Crippen molar-refractivity contribution >= 4 is 32.7 Å². The Kier molecular flexibility index (Phi) is 4.77. The topological polar surface area (TPSA) is 56.5 Å². The van der Waals surface area contributed by atoms with Crippen LogP contribution in [-0.4, -0.2) is 31.2 Å². The van der Waals surface area contributed by atoms with E-state index in [0.717, 1.165) is 38.7 Å². The summed E-state index contributed by atoms with van der Waals surface area (Å²) in [6.07, 6.45) is 9.49. The van der Waals surface area contributed by atoms with Gasteiger partial charge >= 0.3 is 6.68 Å². The molecule has 0 bridgehead atoms. The van der Waals surface area contributed by atoms with E-state index < -0.39 is 6.68 Å². The molecule has 0 N–H and O–H groups in total. The van der Waals surface area contributed by atoms with Gasteiger partial charge in [-0.15, -0.1) is 11.3 Å². The fourth-order valence-electron chi connectivity index (χ4n) is 3.01. The van der Waals surface area contributed by atoms with Crippen LogP contribution in [0.2, 0.25) is 0 Å². The molecule has 0 spiro atoms. The van der Waals surface area contributed by atoms with Crippen LogP contribution >= 0.6 is 11.3 Å². The van der Waals surface area contributed by atoms with E-state index in [9.17, 15) is 13.2 Å². The fourth-order valence-corrected chi connectivity index (χ4v) is 4.19. The van der Waals surface area contributed by atoms with Crippen molar-refractivity contribution < 1.29 is 13.2 Å². The minimum absolute atomic E-state index is 0.732. The third-order valence-electron chi connectivity index (χ3n) is 4.64. The molecule has 1 fully saturated rings. The Labute approximate surface area is 156 Å². The molecule has 1 saturated carbocycles. The molecule has 0 amide bonds. The summed E-state index contributed by atoms with van der Waals surface area (Å²) in [5, 5.41) is 1.15. The summed E-state index contributed by atoms with van der Waals surface area (Å²) in [5.74, 6) is 1.47. The average molecular weight is 391 g/mol. The van der Waals surface area contributed by atoms with Crippen molar-refractivity contribution in [1.29, 1.82) is 0 Å². The fraction of sp³-hybridized carbons (Fsp3) is 0.333. The molecular weight excluding hydrogens is 375 g/mol. The van der Waals surface area contributed by atoms with E-state index in [1.165, 1.54) is 24.1 Å². The number of aromatic nitrogens is 5. The van der Waals surface area contributed by atoms with Crippen LogP contribution in [0.4, 0.5) is 13.2 Å². The molecular formula is C18H16F3N5S. The highest BCUT2D eigenvalue weighted by molar-refractivity contribution is 7.18. The van der Waals surface area contributed by atoms with Gasteiger partial charge in [0.05, 0.1) is 11.8 Å². The highest BCUT2D eigenvalue weighted by atomic mass is 32.1. The van der Waals surface area contributed by atoms with Crippen LogP contribution < -0.4 is 0 Å². The minimum atomic E-state index is -3.67. The lowest BCUT2D eigenvalue weighted by Crippen LogP contribution is -2.06. The van der Waals surface area contributed by atoms with Gasteiger partial charge in [-0.3, -0.25) is 0 Å². The van der Waals surface area contributed by atoms with Gasteiger partial charge in [-0.25, -0.2) is 19.9 Å². The number of alkyl halides is 3. The van der Waals surface area contributed by atoms with Gasteiger partial charge in [-0.1, -0.05) is 6.42 Å². The molecule has 4 heterocycles. The standard InChI is InChI=1S/C17H15N5S.CHF3/c1-22-9-20-16-13(22)5-11(7-19-16)15-18-8-12-6-14(10-3-2-4-10)23-17(12)21-15;2-1(3)4/h5-10H,2-4H2,1H3;1H. The van der Waals surface area contributed by atoms with E-state index in [0.29, 0.717) is 0 Å². The van der Waals surface area contributed by atoms with Crippen LogP contribution in [-0.2, 0) is 7.05 Å². The predicted molar refractivity (Wildman–Crippen MR) is 98.6 cm³/mol. The van der Waals surface area contributed by atoms with E-state index in [1.54, 1.807) is 12.5 Å². The minimum Gasteiger partial charge on any atom is -0.332 e. The number of halogens is 3. The van der Waals surface area contributed by atoms with Gasteiger partial charge < -0.3 is 4.57 Å². The Morgan fingerprint density at radius 2 is 1.89 bits per heavy atom. The number of thiophene rings is 1. The Morgan fingerprint density at radius 3 is 2.59 bits per heavy atom. The first-order chi connectivity index (χ1) is 13.0. The maximum atomic E-state index is 9.67. The van der Waals surface area contributed by atoms with Gasteiger partial charge in [0, 0.05) is 35.3 Å². The second kappa shape index (κ2) is 7.22. The largest absolute Gasteiger partial charge is 0.379 e. The number of rotatable bonds is 2. The van der Waals surface area contributed by atoms with E-state index in [4.69, 9.17) is 4.98 Å². The Bertz CT molecular complexity index is 1080. The van der Waals surface area contributed by atoms with Gasteiger partial charge in [0.25, 0.3) is 0 Å². The molecule has 0 aromatic carbocycles. The first-order valence-corrected chi connectivity index (χ1v) is 9.29. The molecule has 0 radical (unpaired) electrons. The summed E-state index contributed by atoms with van der Waals surface area (Å²) in [4.78, 5) is 20.5. The summed E-state index contributed by atoms with van der Waals surface area (Å²) >= 11 is 1.81. The molecule has 0 aliphatic heterocycles. The number of pyridine rings is 1. The number of hydrogen-bond donors (Lipinski definition) is 0. The van der Waals surface area contributed by atoms with Gasteiger partial charge in [0.2, 0.25) is 0 Å². The van der Waals surface area contributed by atoms with E-state index >= 15 is 0 Å². The van der Waals surface area contributed by atoms with Crippen molar-refractivity contribution in [2.75, 3.05) is 0 Å². The number of aryl methyl sites for hydroxylation is 1. The summed E-state index contributed by atoms with van der Waals surface area (Å²) in [5.41, 5.74) is 2.68. The molecule has 0 saturated heterocycles. The number of fused-ring (bicyclic) bond motifs is 2. The van der Waals surface area contributed by atoms with Crippen molar-refractivity contribution in [3.05, 3.63) is 35.7 Å². The smallest absolute Gasteiger partial charge is 0.332 e. The maximum Gasteiger partial charge on any atom is 0.379 e. The van der Waals surface area contributed by atoms with Gasteiger partial charge in [-0.05, 0) is 30.9 Å². The molecule has 9 heteroatoms. The lowest BCUT2D eigenvalue weighted by Gasteiger charge is -2.23. The molecule has 4 aromatic heterocycles. The van der Waals surface area contributed by atoms with Crippen LogP contribution in [0.1, 0.15) is 30.1 Å². The van der Waals surface area contributed by atoms with Gasteiger partial charge in [0.1, 0.15) is 4.83 Å². The predicted octanol–water partition coefficient (Wildman–Crippen LogP) is 5.09. The molecule has 1 aliphatic carbocycles.